The lowest BCUT2D eigenvalue weighted by molar-refractivity contribution is -0.143. The number of benzene rings is 1. The number of piperidine rings is 1. The molecule has 2 rings (SSSR count). The first-order valence-corrected chi connectivity index (χ1v) is 8.95. The smallest absolute Gasteiger partial charge is 0.225 e. The highest BCUT2D eigenvalue weighted by molar-refractivity contribution is 5.85. The van der Waals surface area contributed by atoms with Gasteiger partial charge in [-0.2, -0.15) is 0 Å². The first kappa shape index (κ1) is 19.2. The summed E-state index contributed by atoms with van der Waals surface area (Å²) < 4.78 is 5.49. The van der Waals surface area contributed by atoms with Gasteiger partial charge in [-0.25, -0.2) is 0 Å². The Morgan fingerprint density at radius 3 is 2.84 bits per heavy atom. The molecule has 1 saturated heterocycles. The van der Waals surface area contributed by atoms with Crippen LogP contribution in [0, 0.1) is 5.92 Å². The number of likely N-dealkylation sites (tertiary alicyclic amines) is 1. The third-order valence-electron chi connectivity index (χ3n) is 4.66. The minimum atomic E-state index is -0.350. The van der Waals surface area contributed by atoms with Crippen LogP contribution in [-0.4, -0.2) is 48.6 Å². The molecule has 0 saturated carbocycles. The summed E-state index contributed by atoms with van der Waals surface area (Å²) in [6, 6.07) is 7.22. The van der Waals surface area contributed by atoms with Crippen molar-refractivity contribution < 1.29 is 19.4 Å². The van der Waals surface area contributed by atoms with Crippen LogP contribution in [0.5, 0.6) is 5.75 Å². The number of nitrogens with zero attached hydrogens (tertiary/aromatic N) is 1. The Morgan fingerprint density at radius 1 is 1.40 bits per heavy atom. The van der Waals surface area contributed by atoms with Crippen molar-refractivity contribution in [1.82, 2.24) is 10.2 Å². The van der Waals surface area contributed by atoms with Gasteiger partial charge in [-0.3, -0.25) is 9.59 Å². The van der Waals surface area contributed by atoms with Gasteiger partial charge in [0.1, 0.15) is 5.75 Å². The fourth-order valence-corrected chi connectivity index (χ4v) is 3.43. The quantitative estimate of drug-likeness (QED) is 0.752. The zero-order valence-electron chi connectivity index (χ0n) is 15.0. The van der Waals surface area contributed by atoms with Gasteiger partial charge in [-0.1, -0.05) is 31.5 Å². The molecular formula is C19H28N2O4. The van der Waals surface area contributed by atoms with Crippen molar-refractivity contribution in [2.24, 2.45) is 5.92 Å². The van der Waals surface area contributed by atoms with Gasteiger partial charge < -0.3 is 20.1 Å². The summed E-state index contributed by atoms with van der Waals surface area (Å²) in [5.41, 5.74) is 0.860. The zero-order chi connectivity index (χ0) is 18.2. The fourth-order valence-electron chi connectivity index (χ4n) is 3.43. The minimum Gasteiger partial charge on any atom is -0.496 e. The molecule has 0 aliphatic carbocycles. The Bertz CT molecular complexity index is 591. The molecule has 6 heteroatoms. The van der Waals surface area contributed by atoms with Crippen molar-refractivity contribution in [1.29, 1.82) is 0 Å². The molecule has 2 unspecified atom stereocenters. The largest absolute Gasteiger partial charge is 0.496 e. The number of aliphatic hydroxyl groups is 1. The van der Waals surface area contributed by atoms with Crippen LogP contribution in [0.4, 0.5) is 0 Å². The Balaban J connectivity index is 2.40. The Hall–Kier alpha value is -2.08. The average molecular weight is 348 g/mol. The van der Waals surface area contributed by atoms with E-state index in [1.54, 1.807) is 7.11 Å². The number of ether oxygens (including phenoxy) is 1. The summed E-state index contributed by atoms with van der Waals surface area (Å²) in [5.74, 6) is 0.288. The number of rotatable bonds is 8. The molecule has 0 bridgehead atoms. The molecule has 1 aliphatic rings. The van der Waals surface area contributed by atoms with Crippen LogP contribution in [0.2, 0.25) is 0 Å². The van der Waals surface area contributed by atoms with Gasteiger partial charge in [0.2, 0.25) is 11.8 Å². The van der Waals surface area contributed by atoms with E-state index in [1.807, 2.05) is 29.2 Å². The van der Waals surface area contributed by atoms with Gasteiger partial charge in [-0.05, 0) is 18.9 Å². The van der Waals surface area contributed by atoms with E-state index < -0.39 is 0 Å². The normalized spacial score (nSPS) is 20.4. The molecule has 138 valence electrons. The minimum absolute atomic E-state index is 0.0792. The second-order valence-electron chi connectivity index (χ2n) is 6.29. The lowest BCUT2D eigenvalue weighted by atomic mass is 9.83. The number of methoxy groups -OCH3 is 1. The lowest BCUT2D eigenvalue weighted by Crippen LogP contribution is -2.48. The van der Waals surface area contributed by atoms with Gasteiger partial charge in [0, 0.05) is 25.1 Å². The van der Waals surface area contributed by atoms with Crippen molar-refractivity contribution in [2.75, 3.05) is 26.8 Å². The molecule has 1 heterocycles. The summed E-state index contributed by atoms with van der Waals surface area (Å²) >= 11 is 0. The number of carbonyl (C=O) groups is 2. The summed E-state index contributed by atoms with van der Waals surface area (Å²) in [6.45, 7) is 2.83. The number of amides is 2. The molecule has 6 nitrogen and oxygen atoms in total. The van der Waals surface area contributed by atoms with Crippen LogP contribution in [0.1, 0.15) is 44.2 Å². The van der Waals surface area contributed by atoms with Gasteiger partial charge in [0.05, 0.1) is 25.7 Å². The van der Waals surface area contributed by atoms with E-state index in [-0.39, 0.29) is 36.9 Å². The summed E-state index contributed by atoms with van der Waals surface area (Å²) in [5, 5.41) is 11.8. The van der Waals surface area contributed by atoms with Crippen LogP contribution < -0.4 is 10.1 Å². The van der Waals surface area contributed by atoms with Gasteiger partial charge in [0.15, 0.2) is 0 Å². The number of nitrogens with one attached hydrogen (secondary N) is 1. The molecule has 1 fully saturated rings. The molecule has 0 radical (unpaired) electrons. The number of unbranched alkanes of at least 4 members (excludes halogenated alkanes) is 1. The van der Waals surface area contributed by atoms with Crippen LogP contribution in [0.25, 0.3) is 0 Å². The first-order valence-electron chi connectivity index (χ1n) is 8.95. The Labute approximate surface area is 149 Å². The fraction of sp³-hybridized carbons (Fsp3) is 0.579. The molecular weight excluding hydrogens is 320 g/mol. The highest BCUT2D eigenvalue weighted by atomic mass is 16.5. The third-order valence-corrected chi connectivity index (χ3v) is 4.66. The van der Waals surface area contributed by atoms with Crippen molar-refractivity contribution in [3.63, 3.8) is 0 Å². The van der Waals surface area contributed by atoms with E-state index in [0.717, 1.165) is 18.4 Å². The summed E-state index contributed by atoms with van der Waals surface area (Å²) in [7, 11) is 1.60. The van der Waals surface area contributed by atoms with Gasteiger partial charge >= 0.3 is 0 Å². The van der Waals surface area contributed by atoms with E-state index in [0.29, 0.717) is 25.1 Å². The van der Waals surface area contributed by atoms with Crippen LogP contribution in [0.15, 0.2) is 24.3 Å². The maximum atomic E-state index is 12.7. The van der Waals surface area contributed by atoms with E-state index in [1.165, 1.54) is 0 Å². The topological polar surface area (TPSA) is 78.9 Å². The maximum Gasteiger partial charge on any atom is 0.225 e. The Morgan fingerprint density at radius 2 is 2.16 bits per heavy atom. The number of carbonyl (C=O) groups excluding carboxylic acids is 2. The van der Waals surface area contributed by atoms with Gasteiger partial charge in [0.25, 0.3) is 0 Å². The number of hydrogen-bond donors (Lipinski definition) is 2. The molecule has 2 atom stereocenters. The van der Waals surface area contributed by atoms with Crippen LogP contribution in [-0.2, 0) is 9.59 Å². The predicted molar refractivity (Wildman–Crippen MR) is 95.2 cm³/mol. The lowest BCUT2D eigenvalue weighted by Gasteiger charge is -2.41. The highest BCUT2D eigenvalue weighted by Crippen LogP contribution is 2.40. The number of hydrogen-bond acceptors (Lipinski definition) is 4. The first-order chi connectivity index (χ1) is 12.1. The van der Waals surface area contributed by atoms with E-state index >= 15 is 0 Å². The SMILES string of the molecule is CCCCN1C(=O)CCC(C(=O)NCCO)C1c1ccccc1OC. The predicted octanol–water partition coefficient (Wildman–Crippen LogP) is 1.88. The van der Waals surface area contributed by atoms with Crippen molar-refractivity contribution in [3.05, 3.63) is 29.8 Å². The third kappa shape index (κ3) is 4.51. The summed E-state index contributed by atoms with van der Waals surface area (Å²) in [4.78, 5) is 27.1. The van der Waals surface area contributed by atoms with Crippen molar-refractivity contribution >= 4 is 11.8 Å². The molecule has 2 amide bonds. The molecule has 1 aromatic carbocycles. The molecule has 0 aromatic heterocycles. The molecule has 25 heavy (non-hydrogen) atoms. The van der Waals surface area contributed by atoms with E-state index in [9.17, 15) is 9.59 Å². The standard InChI is InChI=1S/C19H28N2O4/c1-3-4-12-21-17(23)10-9-15(19(24)20-11-13-22)18(21)14-7-5-6-8-16(14)25-2/h5-8,15,18,22H,3-4,9-13H2,1-2H3,(H,20,24). The monoisotopic (exact) mass is 348 g/mol. The van der Waals surface area contributed by atoms with E-state index in [2.05, 4.69) is 12.2 Å². The molecule has 1 aliphatic heterocycles. The second-order valence-corrected chi connectivity index (χ2v) is 6.29. The second kappa shape index (κ2) is 9.42. The molecule has 1 aromatic rings. The zero-order valence-corrected chi connectivity index (χ0v) is 15.0. The highest BCUT2D eigenvalue weighted by Gasteiger charge is 2.41. The van der Waals surface area contributed by atoms with E-state index in [4.69, 9.17) is 9.84 Å². The number of aliphatic hydroxyl groups excluding tert-OH is 1. The van der Waals surface area contributed by atoms with Crippen molar-refractivity contribution in [2.45, 2.75) is 38.6 Å². The average Bonchev–Trinajstić information content (AvgIpc) is 2.64. The Kier molecular flexibility index (Phi) is 7.25. The maximum absolute atomic E-state index is 12.7. The van der Waals surface area contributed by atoms with Gasteiger partial charge in [-0.15, -0.1) is 0 Å². The van der Waals surface area contributed by atoms with Crippen LogP contribution >= 0.6 is 0 Å². The van der Waals surface area contributed by atoms with Crippen LogP contribution in [0.3, 0.4) is 0 Å². The number of para-hydroxylation sites is 1. The molecule has 0 spiro atoms. The van der Waals surface area contributed by atoms with Crippen molar-refractivity contribution in [3.8, 4) is 5.75 Å². The molecule has 2 N–H and O–H groups in total. The summed E-state index contributed by atoms with van der Waals surface area (Å²) in [6.07, 6.45) is 2.74.